The first-order valence-corrected chi connectivity index (χ1v) is 12.6. The van der Waals surface area contributed by atoms with Crippen molar-refractivity contribution in [1.29, 1.82) is 0 Å². The first-order valence-electron chi connectivity index (χ1n) is 12.3. The highest BCUT2D eigenvalue weighted by molar-refractivity contribution is 6.31. The van der Waals surface area contributed by atoms with Gasteiger partial charge in [-0.1, -0.05) is 23.7 Å². The second-order valence-corrected chi connectivity index (χ2v) is 9.85. The molecular weight excluding hydrogens is 533 g/mol. The van der Waals surface area contributed by atoms with Crippen LogP contribution >= 0.6 is 11.6 Å². The fraction of sp³-hybridized carbons (Fsp3) is 0.286. The number of aromatic nitrogens is 1. The van der Waals surface area contributed by atoms with Crippen molar-refractivity contribution in [2.45, 2.75) is 26.1 Å². The van der Waals surface area contributed by atoms with Crippen LogP contribution in [0.2, 0.25) is 5.02 Å². The van der Waals surface area contributed by atoms with E-state index in [1.165, 1.54) is 17.2 Å². The first-order chi connectivity index (χ1) is 18.4. The van der Waals surface area contributed by atoms with Crippen molar-refractivity contribution in [3.05, 3.63) is 88.2 Å². The molecule has 1 aliphatic rings. The number of nitrogens with one attached hydrogen (secondary N) is 1. The van der Waals surface area contributed by atoms with Gasteiger partial charge < -0.3 is 15.1 Å². The molecule has 0 bridgehead atoms. The number of carbonyl (C=O) groups excluding carboxylic acids is 3. The lowest BCUT2D eigenvalue weighted by molar-refractivity contribution is -0.137. The molecule has 0 aliphatic carbocycles. The van der Waals surface area contributed by atoms with Gasteiger partial charge in [-0.3, -0.25) is 19.4 Å². The number of carbonyl (C=O) groups is 3. The average molecular weight is 559 g/mol. The van der Waals surface area contributed by atoms with Crippen LogP contribution in [0.3, 0.4) is 0 Å². The van der Waals surface area contributed by atoms with E-state index in [0.29, 0.717) is 11.1 Å². The van der Waals surface area contributed by atoms with E-state index in [9.17, 15) is 27.6 Å². The van der Waals surface area contributed by atoms with E-state index in [2.05, 4.69) is 10.3 Å². The molecule has 0 saturated carbocycles. The van der Waals surface area contributed by atoms with E-state index in [1.807, 2.05) is 13.8 Å². The number of nitrogens with zero attached hydrogens (tertiary/aromatic N) is 3. The molecule has 3 aromatic rings. The number of alkyl halides is 3. The molecule has 4 rings (SSSR count). The standard InChI is InChI=1S/C28H26ClF3N4O3/c1-17(2)34-25(37)22-13-21(15-33-16-22)18-3-5-19(6-4-18)26(38)35-9-11-36(12-10-35)27(39)20-7-8-24(29)23(14-20)28(30,31)32/h3-8,13-17H,9-12H2,1-2H3,(H,34,37). The van der Waals surface area contributed by atoms with Gasteiger partial charge in [-0.05, 0) is 55.8 Å². The fourth-order valence-corrected chi connectivity index (χ4v) is 4.45. The van der Waals surface area contributed by atoms with Crippen LogP contribution in [-0.4, -0.2) is 64.7 Å². The highest BCUT2D eigenvalue weighted by atomic mass is 35.5. The van der Waals surface area contributed by atoms with Crippen molar-refractivity contribution in [2.75, 3.05) is 26.2 Å². The minimum absolute atomic E-state index is 0.00822. The third-order valence-corrected chi connectivity index (χ3v) is 6.59. The molecule has 0 atom stereocenters. The summed E-state index contributed by atoms with van der Waals surface area (Å²) in [6.45, 7) is 4.59. The fourth-order valence-electron chi connectivity index (χ4n) is 4.23. The number of rotatable bonds is 5. The van der Waals surface area contributed by atoms with Crippen LogP contribution in [0.25, 0.3) is 11.1 Å². The third-order valence-electron chi connectivity index (χ3n) is 6.26. The molecule has 1 fully saturated rings. The summed E-state index contributed by atoms with van der Waals surface area (Å²) in [5.74, 6) is -0.991. The number of piperazine rings is 1. The predicted octanol–water partition coefficient (Wildman–Crippen LogP) is 5.16. The highest BCUT2D eigenvalue weighted by Crippen LogP contribution is 2.35. The summed E-state index contributed by atoms with van der Waals surface area (Å²) in [6, 6.07) is 11.7. The molecule has 39 heavy (non-hydrogen) atoms. The number of halogens is 4. The maximum absolute atomic E-state index is 13.2. The molecular formula is C28H26ClF3N4O3. The topological polar surface area (TPSA) is 82.6 Å². The summed E-state index contributed by atoms with van der Waals surface area (Å²) in [5, 5.41) is 2.35. The van der Waals surface area contributed by atoms with Gasteiger partial charge in [0.25, 0.3) is 17.7 Å². The SMILES string of the molecule is CC(C)NC(=O)c1cncc(-c2ccc(C(=O)N3CCN(C(=O)c4ccc(Cl)c(C(F)(F)F)c4)CC3)cc2)c1. The highest BCUT2D eigenvalue weighted by Gasteiger charge is 2.34. The van der Waals surface area contributed by atoms with Crippen molar-refractivity contribution in [1.82, 2.24) is 20.1 Å². The van der Waals surface area contributed by atoms with Crippen molar-refractivity contribution >= 4 is 29.3 Å². The lowest BCUT2D eigenvalue weighted by atomic mass is 10.0. The Kier molecular flexibility index (Phi) is 8.25. The zero-order chi connectivity index (χ0) is 28.3. The Labute approximate surface area is 228 Å². The van der Waals surface area contributed by atoms with Gasteiger partial charge in [0.15, 0.2) is 0 Å². The van der Waals surface area contributed by atoms with Gasteiger partial charge in [0.05, 0.1) is 16.1 Å². The molecule has 0 radical (unpaired) electrons. The molecule has 2 heterocycles. The zero-order valence-electron chi connectivity index (χ0n) is 21.3. The Balaban J connectivity index is 1.39. The monoisotopic (exact) mass is 558 g/mol. The molecule has 7 nitrogen and oxygen atoms in total. The first kappa shape index (κ1) is 28.1. The van der Waals surface area contributed by atoms with E-state index >= 15 is 0 Å². The average Bonchev–Trinajstić information content (AvgIpc) is 2.92. The molecule has 0 spiro atoms. The van der Waals surface area contributed by atoms with Crippen molar-refractivity contribution in [2.24, 2.45) is 0 Å². The van der Waals surface area contributed by atoms with E-state index in [4.69, 9.17) is 11.6 Å². The number of benzene rings is 2. The summed E-state index contributed by atoms with van der Waals surface area (Å²) in [6.07, 6.45) is -1.54. The van der Waals surface area contributed by atoms with Crippen LogP contribution < -0.4 is 5.32 Å². The predicted molar refractivity (Wildman–Crippen MR) is 141 cm³/mol. The maximum atomic E-state index is 13.2. The molecule has 1 N–H and O–H groups in total. The van der Waals surface area contributed by atoms with Crippen LogP contribution in [0.5, 0.6) is 0 Å². The van der Waals surface area contributed by atoms with Gasteiger partial charge in [0.2, 0.25) is 0 Å². The van der Waals surface area contributed by atoms with E-state index < -0.39 is 22.7 Å². The minimum atomic E-state index is -4.67. The Morgan fingerprint density at radius 1 is 0.821 bits per heavy atom. The quantitative estimate of drug-likeness (QED) is 0.469. The number of pyridine rings is 1. The van der Waals surface area contributed by atoms with Crippen molar-refractivity contribution in [3.63, 3.8) is 0 Å². The minimum Gasteiger partial charge on any atom is -0.350 e. The normalized spacial score (nSPS) is 13.9. The van der Waals surface area contributed by atoms with Gasteiger partial charge in [-0.25, -0.2) is 0 Å². The molecule has 0 unspecified atom stereocenters. The molecule has 204 valence electrons. The Hall–Kier alpha value is -3.92. The second kappa shape index (κ2) is 11.4. The van der Waals surface area contributed by atoms with Gasteiger partial charge in [0.1, 0.15) is 0 Å². The number of amides is 3. The van der Waals surface area contributed by atoms with Gasteiger partial charge >= 0.3 is 6.18 Å². The van der Waals surface area contributed by atoms with Crippen LogP contribution in [0.15, 0.2) is 60.9 Å². The lowest BCUT2D eigenvalue weighted by Crippen LogP contribution is -2.50. The van der Waals surface area contributed by atoms with Gasteiger partial charge in [-0.15, -0.1) is 0 Å². The van der Waals surface area contributed by atoms with Gasteiger partial charge in [0, 0.05) is 61.3 Å². The molecule has 2 aromatic carbocycles. The van der Waals surface area contributed by atoms with E-state index in [0.717, 1.165) is 23.3 Å². The lowest BCUT2D eigenvalue weighted by Gasteiger charge is -2.35. The number of hydrogen-bond donors (Lipinski definition) is 1. The molecule has 3 amide bonds. The molecule has 1 aromatic heterocycles. The maximum Gasteiger partial charge on any atom is 0.417 e. The molecule has 1 saturated heterocycles. The summed E-state index contributed by atoms with van der Waals surface area (Å²) in [7, 11) is 0. The van der Waals surface area contributed by atoms with Crippen molar-refractivity contribution < 1.29 is 27.6 Å². The largest absolute Gasteiger partial charge is 0.417 e. The van der Waals surface area contributed by atoms with Crippen LogP contribution in [0, 0.1) is 0 Å². The molecule has 1 aliphatic heterocycles. The summed E-state index contributed by atoms with van der Waals surface area (Å²) < 4.78 is 39.5. The number of hydrogen-bond acceptors (Lipinski definition) is 4. The Morgan fingerprint density at radius 3 is 1.95 bits per heavy atom. The van der Waals surface area contributed by atoms with Crippen LogP contribution in [-0.2, 0) is 6.18 Å². The van der Waals surface area contributed by atoms with Crippen LogP contribution in [0.1, 0.15) is 50.5 Å². The molecule has 11 heteroatoms. The Morgan fingerprint density at radius 2 is 1.38 bits per heavy atom. The van der Waals surface area contributed by atoms with Gasteiger partial charge in [-0.2, -0.15) is 13.2 Å². The summed E-state index contributed by atoms with van der Waals surface area (Å²) in [4.78, 5) is 45.3. The third kappa shape index (κ3) is 6.57. The Bertz CT molecular complexity index is 1390. The van der Waals surface area contributed by atoms with Crippen molar-refractivity contribution in [3.8, 4) is 11.1 Å². The van der Waals surface area contributed by atoms with Crippen LogP contribution in [0.4, 0.5) is 13.2 Å². The van der Waals surface area contributed by atoms with E-state index in [-0.39, 0.29) is 49.6 Å². The second-order valence-electron chi connectivity index (χ2n) is 9.44. The zero-order valence-corrected chi connectivity index (χ0v) is 22.0. The smallest absolute Gasteiger partial charge is 0.350 e. The summed E-state index contributed by atoms with van der Waals surface area (Å²) in [5.41, 5.74) is 1.23. The van der Waals surface area contributed by atoms with E-state index in [1.54, 1.807) is 41.4 Å². The summed E-state index contributed by atoms with van der Waals surface area (Å²) >= 11 is 5.66.